The second-order valence-electron chi connectivity index (χ2n) is 7.18. The van der Waals surface area contributed by atoms with Crippen LogP contribution in [0.4, 0.5) is 5.69 Å². The van der Waals surface area contributed by atoms with Gasteiger partial charge in [0.1, 0.15) is 5.25 Å². The fourth-order valence-electron chi connectivity index (χ4n) is 3.41. The maximum Gasteiger partial charge on any atom is 0.240 e. The predicted molar refractivity (Wildman–Crippen MR) is 117 cm³/mol. The Bertz CT molecular complexity index is 998. The van der Waals surface area contributed by atoms with Crippen LogP contribution in [0.5, 0.6) is 0 Å². The summed E-state index contributed by atoms with van der Waals surface area (Å²) in [5, 5.41) is 14.1. The molecule has 2 N–H and O–H groups in total. The lowest BCUT2D eigenvalue weighted by Gasteiger charge is -2.16. The number of rotatable bonds is 4. The van der Waals surface area contributed by atoms with Crippen molar-refractivity contribution >= 4 is 40.1 Å². The van der Waals surface area contributed by atoms with E-state index < -0.39 is 5.25 Å². The zero-order valence-corrected chi connectivity index (χ0v) is 17.0. The van der Waals surface area contributed by atoms with Crippen molar-refractivity contribution in [3.05, 3.63) is 65.2 Å². The Morgan fingerprint density at radius 1 is 1.14 bits per heavy atom. The van der Waals surface area contributed by atoms with Gasteiger partial charge in [0.05, 0.1) is 5.71 Å². The number of carbonyl (C=O) groups is 2. The van der Waals surface area contributed by atoms with Gasteiger partial charge in [-0.2, -0.15) is 5.10 Å². The molecule has 1 aliphatic carbocycles. The van der Waals surface area contributed by atoms with Gasteiger partial charge in [0.2, 0.25) is 11.8 Å². The zero-order chi connectivity index (χ0) is 20.2. The molecule has 148 valence electrons. The maximum atomic E-state index is 12.3. The number of anilines is 1. The third-order valence-corrected chi connectivity index (χ3v) is 6.00. The summed E-state index contributed by atoms with van der Waals surface area (Å²) in [4.78, 5) is 24.5. The van der Waals surface area contributed by atoms with Gasteiger partial charge in [-0.05, 0) is 43.9 Å². The highest BCUT2D eigenvalue weighted by Crippen LogP contribution is 2.25. The highest BCUT2D eigenvalue weighted by atomic mass is 32.2. The molecule has 1 aliphatic heterocycles. The van der Waals surface area contributed by atoms with E-state index in [1.165, 1.54) is 17.3 Å². The number of benzene rings is 2. The van der Waals surface area contributed by atoms with Gasteiger partial charge in [-0.1, -0.05) is 53.7 Å². The molecule has 4 rings (SSSR count). The van der Waals surface area contributed by atoms with E-state index in [1.807, 2.05) is 43.3 Å². The molecule has 1 saturated heterocycles. The summed E-state index contributed by atoms with van der Waals surface area (Å²) in [6.07, 6.45) is 3.05. The van der Waals surface area contributed by atoms with Crippen LogP contribution in [0.1, 0.15) is 36.0 Å². The van der Waals surface area contributed by atoms with Crippen molar-refractivity contribution in [2.24, 2.45) is 10.2 Å². The first-order valence-electron chi connectivity index (χ1n) is 9.65. The molecule has 29 heavy (non-hydrogen) atoms. The first kappa shape index (κ1) is 19.4. The van der Waals surface area contributed by atoms with Crippen LogP contribution in [0.25, 0.3) is 0 Å². The van der Waals surface area contributed by atoms with Crippen LogP contribution in [0.2, 0.25) is 0 Å². The van der Waals surface area contributed by atoms with E-state index in [2.05, 4.69) is 33.0 Å². The van der Waals surface area contributed by atoms with Gasteiger partial charge < -0.3 is 10.6 Å². The van der Waals surface area contributed by atoms with Crippen molar-refractivity contribution in [3.8, 4) is 0 Å². The third kappa shape index (κ3) is 4.74. The highest BCUT2D eigenvalue weighted by Gasteiger charge is 2.32. The molecular formula is C22H22N4O2S. The topological polar surface area (TPSA) is 82.9 Å². The first-order valence-corrected chi connectivity index (χ1v) is 10.5. The molecular weight excluding hydrogens is 384 g/mol. The first-order chi connectivity index (χ1) is 14.1. The molecule has 6 nitrogen and oxygen atoms in total. The molecule has 0 spiro atoms. The van der Waals surface area contributed by atoms with E-state index in [-0.39, 0.29) is 18.2 Å². The van der Waals surface area contributed by atoms with Crippen LogP contribution in [0.15, 0.2) is 58.7 Å². The number of amidine groups is 1. The number of nitrogens with zero attached hydrogens (tertiary/aromatic N) is 2. The Balaban J connectivity index is 1.39. The van der Waals surface area contributed by atoms with Crippen molar-refractivity contribution in [2.45, 2.75) is 37.9 Å². The van der Waals surface area contributed by atoms with Crippen molar-refractivity contribution in [1.29, 1.82) is 0 Å². The van der Waals surface area contributed by atoms with E-state index in [0.29, 0.717) is 5.17 Å². The van der Waals surface area contributed by atoms with Gasteiger partial charge >= 0.3 is 0 Å². The average molecular weight is 407 g/mol. The molecule has 7 heteroatoms. The lowest BCUT2D eigenvalue weighted by molar-refractivity contribution is -0.122. The lowest BCUT2D eigenvalue weighted by atomic mass is 9.90. The number of aryl methyl sites for hydroxylation is 2. The molecule has 1 heterocycles. The van der Waals surface area contributed by atoms with Crippen LogP contribution >= 0.6 is 11.8 Å². The summed E-state index contributed by atoms with van der Waals surface area (Å²) >= 11 is 1.25. The van der Waals surface area contributed by atoms with Crippen LogP contribution in [-0.4, -0.2) is 27.9 Å². The second kappa shape index (κ2) is 8.61. The standard InChI is InChI=1S/C22H22N4O2S/c1-14-9-11-16(12-10-14)23-20(27)13-19-21(28)24-22(29-19)26-25-18-8-4-6-15-5-2-3-7-17(15)18/h2-3,5,7,9-12,19H,4,6,8,13H2,1H3,(H,23,27)(H,24,26,28)/b25-18+/t19-/m0/s1. The Kier molecular flexibility index (Phi) is 5.76. The van der Waals surface area contributed by atoms with Crippen LogP contribution in [0, 0.1) is 6.92 Å². The minimum Gasteiger partial charge on any atom is -0.326 e. The Labute approximate surface area is 173 Å². The summed E-state index contributed by atoms with van der Waals surface area (Å²) in [5.41, 5.74) is 5.20. The monoisotopic (exact) mass is 406 g/mol. The van der Waals surface area contributed by atoms with E-state index in [0.717, 1.165) is 41.8 Å². The van der Waals surface area contributed by atoms with E-state index in [4.69, 9.17) is 0 Å². The van der Waals surface area contributed by atoms with Crippen molar-refractivity contribution < 1.29 is 9.59 Å². The number of amides is 2. The summed E-state index contributed by atoms with van der Waals surface area (Å²) < 4.78 is 0. The largest absolute Gasteiger partial charge is 0.326 e. The minimum absolute atomic E-state index is 0.0861. The van der Waals surface area contributed by atoms with Crippen LogP contribution in [0.3, 0.4) is 0 Å². The number of carbonyl (C=O) groups excluding carboxylic acids is 2. The number of nitrogens with one attached hydrogen (secondary N) is 2. The SMILES string of the molecule is Cc1ccc(NC(=O)C[C@@H]2S/C(=N\N=C3/CCCc4ccccc43)NC2=O)cc1. The van der Waals surface area contributed by atoms with Gasteiger partial charge in [0, 0.05) is 17.7 Å². The molecule has 0 radical (unpaired) electrons. The average Bonchev–Trinajstić information content (AvgIpc) is 3.07. The molecule has 2 amide bonds. The molecule has 0 saturated carbocycles. The van der Waals surface area contributed by atoms with Gasteiger partial charge in [0.25, 0.3) is 0 Å². The number of fused-ring (bicyclic) bond motifs is 1. The second-order valence-corrected chi connectivity index (χ2v) is 8.37. The Morgan fingerprint density at radius 2 is 1.93 bits per heavy atom. The molecule has 1 fully saturated rings. The molecule has 1 atom stereocenters. The number of hydrogen-bond donors (Lipinski definition) is 2. The lowest BCUT2D eigenvalue weighted by Crippen LogP contribution is -2.28. The summed E-state index contributed by atoms with van der Waals surface area (Å²) in [6.45, 7) is 1.99. The van der Waals surface area contributed by atoms with Gasteiger partial charge in [-0.3, -0.25) is 9.59 Å². The molecule has 2 aromatic carbocycles. The van der Waals surface area contributed by atoms with Crippen molar-refractivity contribution in [2.75, 3.05) is 5.32 Å². The van der Waals surface area contributed by atoms with Gasteiger partial charge in [-0.25, -0.2) is 0 Å². The highest BCUT2D eigenvalue weighted by molar-refractivity contribution is 8.15. The van der Waals surface area contributed by atoms with E-state index >= 15 is 0 Å². The summed E-state index contributed by atoms with van der Waals surface area (Å²) in [6, 6.07) is 15.8. The van der Waals surface area contributed by atoms with Gasteiger partial charge in [-0.15, -0.1) is 5.10 Å². The van der Waals surface area contributed by atoms with Crippen LogP contribution < -0.4 is 10.6 Å². The van der Waals surface area contributed by atoms with E-state index in [1.54, 1.807) is 0 Å². The molecule has 2 aliphatic rings. The normalized spacial score (nSPS) is 21.1. The quantitative estimate of drug-likeness (QED) is 0.761. The smallest absolute Gasteiger partial charge is 0.240 e. The third-order valence-electron chi connectivity index (χ3n) is 4.93. The summed E-state index contributed by atoms with van der Waals surface area (Å²) in [5.74, 6) is -0.410. The summed E-state index contributed by atoms with van der Waals surface area (Å²) in [7, 11) is 0. The van der Waals surface area contributed by atoms with Crippen molar-refractivity contribution in [1.82, 2.24) is 5.32 Å². The Hall–Kier alpha value is -2.93. The van der Waals surface area contributed by atoms with Crippen LogP contribution in [-0.2, 0) is 16.0 Å². The van der Waals surface area contributed by atoms with Gasteiger partial charge in [0.15, 0.2) is 5.17 Å². The fourth-order valence-corrected chi connectivity index (χ4v) is 4.33. The number of thioether (sulfide) groups is 1. The molecule has 0 unspecified atom stereocenters. The fraction of sp³-hybridized carbons (Fsp3) is 0.273. The molecule has 0 aromatic heterocycles. The predicted octanol–water partition coefficient (Wildman–Crippen LogP) is 3.65. The maximum absolute atomic E-state index is 12.3. The zero-order valence-electron chi connectivity index (χ0n) is 16.1. The molecule has 2 aromatic rings. The van der Waals surface area contributed by atoms with E-state index in [9.17, 15) is 9.59 Å². The number of hydrogen-bond acceptors (Lipinski definition) is 5. The Morgan fingerprint density at radius 3 is 2.76 bits per heavy atom. The minimum atomic E-state index is -0.502. The van der Waals surface area contributed by atoms with Crippen molar-refractivity contribution in [3.63, 3.8) is 0 Å². The molecule has 0 bridgehead atoms.